The number of likely N-dealkylation sites (tertiary alicyclic amines) is 1. The number of aryl methyl sites for hydroxylation is 1. The van der Waals surface area contributed by atoms with E-state index in [1.165, 1.54) is 13.0 Å². The van der Waals surface area contributed by atoms with Gasteiger partial charge in [-0.25, -0.2) is 18.2 Å². The molecule has 1 fully saturated rings. The van der Waals surface area contributed by atoms with E-state index >= 15 is 0 Å². The quantitative estimate of drug-likeness (QED) is 0.259. The van der Waals surface area contributed by atoms with Crippen molar-refractivity contribution in [3.05, 3.63) is 86.9 Å². The minimum absolute atomic E-state index is 0.0558. The van der Waals surface area contributed by atoms with E-state index < -0.39 is 12.2 Å². The Morgan fingerprint density at radius 2 is 1.84 bits per heavy atom. The first kappa shape index (κ1) is 26.2. The van der Waals surface area contributed by atoms with Gasteiger partial charge in [-0.15, -0.1) is 11.3 Å². The molecule has 1 atom stereocenters. The van der Waals surface area contributed by atoms with Crippen molar-refractivity contribution >= 4 is 34.0 Å². The number of thiophene rings is 1. The molecule has 4 aromatic rings. The fourth-order valence-corrected chi connectivity index (χ4v) is 6.02. The fraction of sp³-hybridized carbons (Fsp3) is 0.345. The van der Waals surface area contributed by atoms with E-state index in [0.717, 1.165) is 40.7 Å². The first-order chi connectivity index (χ1) is 18.0. The second kappa shape index (κ2) is 10.0. The van der Waals surface area contributed by atoms with Crippen LogP contribution in [0.4, 0.5) is 13.2 Å². The highest BCUT2D eigenvalue weighted by Crippen LogP contribution is 2.34. The molecule has 1 saturated heterocycles. The number of carbonyl (C=O) groups excluding carboxylic acids is 1. The van der Waals surface area contributed by atoms with Crippen LogP contribution < -0.4 is 0 Å². The Balaban J connectivity index is 1.29. The van der Waals surface area contributed by atoms with Crippen molar-refractivity contribution in [2.75, 3.05) is 13.1 Å². The summed E-state index contributed by atoms with van der Waals surface area (Å²) in [5, 5.41) is 10.1. The van der Waals surface area contributed by atoms with Gasteiger partial charge in [0.15, 0.2) is 6.30 Å². The standard InChI is InChI=1S/C29H29F3N4OS/c1-17-14-20(8-9-22(17)26(33)21-15-25(38-16-21)29(3,31)32)28(37)35-12-10-19(11-13-35)27-34-23-6-4-5-7-24(23)36(27)18(2)30/h4-9,14-16,18-19,33H,10-13H2,1-3H3. The van der Waals surface area contributed by atoms with Crippen LogP contribution in [0, 0.1) is 12.3 Å². The Hall–Kier alpha value is -3.46. The number of benzene rings is 2. The number of para-hydroxylation sites is 2. The van der Waals surface area contributed by atoms with Crippen LogP contribution in [0.1, 0.15) is 76.7 Å². The van der Waals surface area contributed by atoms with E-state index in [1.54, 1.807) is 33.0 Å². The lowest BCUT2D eigenvalue weighted by atomic mass is 9.94. The van der Waals surface area contributed by atoms with Crippen LogP contribution in [0.5, 0.6) is 0 Å². The Morgan fingerprint density at radius 3 is 2.47 bits per heavy atom. The number of amides is 1. The zero-order chi connectivity index (χ0) is 27.2. The van der Waals surface area contributed by atoms with Gasteiger partial charge in [0.2, 0.25) is 0 Å². The third kappa shape index (κ3) is 4.87. The molecule has 1 unspecified atom stereocenters. The van der Waals surface area contributed by atoms with Gasteiger partial charge in [0, 0.05) is 48.0 Å². The third-order valence-electron chi connectivity index (χ3n) is 7.19. The molecule has 1 N–H and O–H groups in total. The molecule has 38 heavy (non-hydrogen) atoms. The molecule has 198 valence electrons. The van der Waals surface area contributed by atoms with Gasteiger partial charge >= 0.3 is 0 Å². The largest absolute Gasteiger partial charge is 0.339 e. The number of hydrogen-bond acceptors (Lipinski definition) is 4. The number of aromatic nitrogens is 2. The van der Waals surface area contributed by atoms with Crippen LogP contribution in [-0.4, -0.2) is 39.2 Å². The molecule has 0 radical (unpaired) electrons. The molecule has 3 heterocycles. The van der Waals surface area contributed by atoms with Crippen LogP contribution in [0.2, 0.25) is 0 Å². The maximum atomic E-state index is 14.5. The molecule has 1 aliphatic heterocycles. The molecule has 2 aromatic carbocycles. The van der Waals surface area contributed by atoms with Gasteiger partial charge < -0.3 is 4.90 Å². The Morgan fingerprint density at radius 1 is 1.13 bits per heavy atom. The molecule has 9 heteroatoms. The van der Waals surface area contributed by atoms with Crippen molar-refractivity contribution in [1.82, 2.24) is 14.5 Å². The van der Waals surface area contributed by atoms with Gasteiger partial charge in [-0.05, 0) is 62.6 Å². The van der Waals surface area contributed by atoms with Crippen LogP contribution in [0.25, 0.3) is 11.0 Å². The molecule has 0 bridgehead atoms. The predicted octanol–water partition coefficient (Wildman–Crippen LogP) is 7.44. The lowest BCUT2D eigenvalue weighted by Gasteiger charge is -2.32. The van der Waals surface area contributed by atoms with E-state index in [4.69, 9.17) is 10.4 Å². The van der Waals surface area contributed by atoms with E-state index in [2.05, 4.69) is 0 Å². The first-order valence-corrected chi connectivity index (χ1v) is 13.5. The molecule has 1 aliphatic rings. The van der Waals surface area contributed by atoms with Crippen LogP contribution >= 0.6 is 11.3 Å². The summed E-state index contributed by atoms with van der Waals surface area (Å²) in [6.45, 7) is 5.24. The van der Waals surface area contributed by atoms with Gasteiger partial charge in [-0.2, -0.15) is 0 Å². The van der Waals surface area contributed by atoms with Gasteiger partial charge in [0.05, 0.1) is 21.6 Å². The van der Waals surface area contributed by atoms with Crippen molar-refractivity contribution in [3.8, 4) is 0 Å². The Kier molecular flexibility index (Phi) is 6.90. The maximum absolute atomic E-state index is 14.5. The number of halogens is 3. The second-order valence-corrected chi connectivity index (χ2v) is 10.9. The van der Waals surface area contributed by atoms with E-state index in [9.17, 15) is 18.0 Å². The number of hydrogen-bond donors (Lipinski definition) is 1. The molecule has 2 aromatic heterocycles. The molecular formula is C29H29F3N4OS. The molecule has 0 aliphatic carbocycles. The SMILES string of the molecule is Cc1cc(C(=O)N2CCC(c3nc4ccccc4n3C(C)F)CC2)ccc1C(=N)c1csc(C(C)(F)F)c1. The number of carbonyl (C=O) groups is 1. The summed E-state index contributed by atoms with van der Waals surface area (Å²) < 4.78 is 43.5. The topological polar surface area (TPSA) is 62.0 Å². The van der Waals surface area contributed by atoms with Crippen LogP contribution in [0.3, 0.4) is 0 Å². The third-order valence-corrected chi connectivity index (χ3v) is 8.29. The first-order valence-electron chi connectivity index (χ1n) is 12.6. The Bertz CT molecular complexity index is 1510. The highest BCUT2D eigenvalue weighted by atomic mass is 32.1. The number of rotatable bonds is 6. The van der Waals surface area contributed by atoms with E-state index in [-0.39, 0.29) is 22.4 Å². The minimum Gasteiger partial charge on any atom is -0.339 e. The summed E-state index contributed by atoms with van der Waals surface area (Å²) in [6, 6.07) is 14.0. The number of piperidine rings is 1. The highest BCUT2D eigenvalue weighted by molar-refractivity contribution is 7.10. The minimum atomic E-state index is -2.95. The van der Waals surface area contributed by atoms with Crippen molar-refractivity contribution in [3.63, 3.8) is 0 Å². The number of nitrogens with zero attached hydrogens (tertiary/aromatic N) is 3. The van der Waals surface area contributed by atoms with E-state index in [1.807, 2.05) is 31.2 Å². The average Bonchev–Trinajstić information content (AvgIpc) is 3.54. The monoisotopic (exact) mass is 538 g/mol. The van der Waals surface area contributed by atoms with Crippen LogP contribution in [-0.2, 0) is 5.92 Å². The molecular weight excluding hydrogens is 509 g/mol. The zero-order valence-corrected chi connectivity index (χ0v) is 22.3. The summed E-state index contributed by atoms with van der Waals surface area (Å²) in [5.41, 5.74) is 3.99. The summed E-state index contributed by atoms with van der Waals surface area (Å²) in [5.74, 6) is -2.26. The summed E-state index contributed by atoms with van der Waals surface area (Å²) in [4.78, 5) is 19.7. The van der Waals surface area contributed by atoms with Gasteiger partial charge in [-0.1, -0.05) is 18.2 Å². The number of alkyl halides is 3. The predicted molar refractivity (Wildman–Crippen MR) is 144 cm³/mol. The van der Waals surface area contributed by atoms with Crippen molar-refractivity contribution in [2.45, 2.75) is 51.7 Å². The van der Waals surface area contributed by atoms with Crippen molar-refractivity contribution < 1.29 is 18.0 Å². The molecule has 1 amide bonds. The number of imidazole rings is 1. The highest BCUT2D eigenvalue weighted by Gasteiger charge is 2.30. The van der Waals surface area contributed by atoms with Crippen molar-refractivity contribution in [2.24, 2.45) is 0 Å². The van der Waals surface area contributed by atoms with Gasteiger partial charge in [0.25, 0.3) is 11.8 Å². The lowest BCUT2D eigenvalue weighted by molar-refractivity contribution is 0.0215. The summed E-state index contributed by atoms with van der Waals surface area (Å²) >= 11 is 0.936. The second-order valence-electron chi connectivity index (χ2n) is 9.96. The molecule has 5 nitrogen and oxygen atoms in total. The van der Waals surface area contributed by atoms with Gasteiger partial charge in [-0.3, -0.25) is 14.8 Å². The zero-order valence-electron chi connectivity index (χ0n) is 21.5. The van der Waals surface area contributed by atoms with Gasteiger partial charge in [0.1, 0.15) is 5.82 Å². The van der Waals surface area contributed by atoms with Crippen molar-refractivity contribution in [1.29, 1.82) is 5.41 Å². The summed E-state index contributed by atoms with van der Waals surface area (Å²) in [6.07, 6.45) is 0.175. The Labute approximate surface area is 223 Å². The lowest BCUT2D eigenvalue weighted by Crippen LogP contribution is -2.38. The fourth-order valence-electron chi connectivity index (χ4n) is 5.18. The molecule has 0 spiro atoms. The normalized spacial score (nSPS) is 15.7. The summed E-state index contributed by atoms with van der Waals surface area (Å²) in [7, 11) is 0. The molecule has 5 rings (SSSR count). The number of nitrogens with one attached hydrogen (secondary N) is 1. The number of fused-ring (bicyclic) bond motifs is 1. The smallest absolute Gasteiger partial charge is 0.279 e. The maximum Gasteiger partial charge on any atom is 0.279 e. The van der Waals surface area contributed by atoms with Crippen LogP contribution in [0.15, 0.2) is 53.9 Å². The van der Waals surface area contributed by atoms with E-state index in [0.29, 0.717) is 42.6 Å². The average molecular weight is 539 g/mol. The molecule has 0 saturated carbocycles.